The zero-order chi connectivity index (χ0) is 11.4. The van der Waals surface area contributed by atoms with Crippen molar-refractivity contribution in [1.29, 1.82) is 0 Å². The van der Waals surface area contributed by atoms with Crippen molar-refractivity contribution in [3.63, 3.8) is 0 Å². The zero-order valence-corrected chi connectivity index (χ0v) is 10.3. The van der Waals surface area contributed by atoms with E-state index in [0.29, 0.717) is 6.04 Å². The van der Waals surface area contributed by atoms with Gasteiger partial charge in [0.2, 0.25) is 0 Å². The number of aromatic nitrogens is 1. The van der Waals surface area contributed by atoms with Gasteiger partial charge in [-0.3, -0.25) is 4.98 Å². The van der Waals surface area contributed by atoms with E-state index >= 15 is 0 Å². The van der Waals surface area contributed by atoms with Crippen LogP contribution in [0.2, 0.25) is 0 Å². The number of hydrogen-bond acceptors (Lipinski definition) is 2. The van der Waals surface area contributed by atoms with Gasteiger partial charge in [0.25, 0.3) is 0 Å². The Labute approximate surface area is 88.8 Å². The summed E-state index contributed by atoms with van der Waals surface area (Å²) in [5, 5.41) is 3.15. The summed E-state index contributed by atoms with van der Waals surface area (Å²) in [6.45, 7) is 10.1. The molecule has 2 heteroatoms. The molecule has 14 heavy (non-hydrogen) atoms. The molecule has 2 nitrogen and oxygen atoms in total. The number of nitrogens with one attached hydrogen (secondary N) is 1. The van der Waals surface area contributed by atoms with Crippen LogP contribution in [0, 0.1) is 0 Å². The van der Waals surface area contributed by atoms with E-state index < -0.39 is 0 Å². The smallest absolute Gasteiger partial charge is 0.0290 e. The maximum Gasteiger partial charge on any atom is 0.0290 e. The van der Waals surface area contributed by atoms with E-state index in [1.54, 1.807) is 0 Å². The first-order valence-electron chi connectivity index (χ1n) is 5.42. The van der Waals surface area contributed by atoms with Crippen LogP contribution in [-0.2, 0) is 0 Å². The first-order chi connectivity index (χ1) is 6.84. The number of pyridine rings is 1. The summed E-state index contributed by atoms with van der Waals surface area (Å²) in [6, 6.07) is 4.45. The SMILES string of the molecule is CC.CC.CNC(C)c1ccncc1. The van der Waals surface area contributed by atoms with Crippen LogP contribution < -0.4 is 5.32 Å². The second kappa shape index (κ2) is 12.1. The number of rotatable bonds is 2. The first-order valence-corrected chi connectivity index (χ1v) is 5.42. The molecule has 0 spiro atoms. The lowest BCUT2D eigenvalue weighted by molar-refractivity contribution is 0.651. The number of hydrogen-bond donors (Lipinski definition) is 1. The summed E-state index contributed by atoms with van der Waals surface area (Å²) in [5.74, 6) is 0. The summed E-state index contributed by atoms with van der Waals surface area (Å²) in [6.07, 6.45) is 3.62. The van der Waals surface area contributed by atoms with Gasteiger partial charge in [0.1, 0.15) is 0 Å². The van der Waals surface area contributed by atoms with Crippen molar-refractivity contribution in [2.75, 3.05) is 7.05 Å². The van der Waals surface area contributed by atoms with Gasteiger partial charge in [0.05, 0.1) is 0 Å². The van der Waals surface area contributed by atoms with Gasteiger partial charge in [-0.1, -0.05) is 27.7 Å². The number of nitrogens with zero attached hydrogens (tertiary/aromatic N) is 1. The lowest BCUT2D eigenvalue weighted by Crippen LogP contribution is -2.11. The van der Waals surface area contributed by atoms with Crippen LogP contribution >= 0.6 is 0 Å². The van der Waals surface area contributed by atoms with Gasteiger partial charge in [-0.15, -0.1) is 0 Å². The molecule has 0 radical (unpaired) electrons. The van der Waals surface area contributed by atoms with E-state index in [9.17, 15) is 0 Å². The Hall–Kier alpha value is -0.890. The third kappa shape index (κ3) is 6.61. The van der Waals surface area contributed by atoms with Crippen molar-refractivity contribution in [2.45, 2.75) is 40.7 Å². The van der Waals surface area contributed by atoms with Crippen LogP contribution in [0.4, 0.5) is 0 Å². The van der Waals surface area contributed by atoms with Crippen molar-refractivity contribution < 1.29 is 0 Å². The van der Waals surface area contributed by atoms with Crippen LogP contribution in [0.15, 0.2) is 24.5 Å². The van der Waals surface area contributed by atoms with Gasteiger partial charge in [0.15, 0.2) is 0 Å². The van der Waals surface area contributed by atoms with Crippen LogP contribution in [0.1, 0.15) is 46.2 Å². The minimum atomic E-state index is 0.419. The van der Waals surface area contributed by atoms with Crippen LogP contribution in [-0.4, -0.2) is 12.0 Å². The molecule has 1 rings (SSSR count). The predicted molar refractivity (Wildman–Crippen MR) is 64.4 cm³/mol. The van der Waals surface area contributed by atoms with Crippen molar-refractivity contribution >= 4 is 0 Å². The molecule has 0 saturated carbocycles. The van der Waals surface area contributed by atoms with Crippen molar-refractivity contribution in [1.82, 2.24) is 10.3 Å². The molecule has 1 unspecified atom stereocenters. The van der Waals surface area contributed by atoms with Gasteiger partial charge in [-0.05, 0) is 31.7 Å². The topological polar surface area (TPSA) is 24.9 Å². The van der Waals surface area contributed by atoms with Crippen LogP contribution in [0.25, 0.3) is 0 Å². The van der Waals surface area contributed by atoms with E-state index in [1.165, 1.54) is 5.56 Å². The molecular formula is C12H24N2. The normalized spacial score (nSPS) is 10.1. The molecule has 1 atom stereocenters. The maximum atomic E-state index is 3.93. The third-order valence-electron chi connectivity index (χ3n) is 1.64. The summed E-state index contributed by atoms with van der Waals surface area (Å²) in [4.78, 5) is 3.93. The predicted octanol–water partition coefficient (Wildman–Crippen LogP) is 3.41. The standard InChI is InChI=1S/C8H12N2.2C2H6/c1-7(9-2)8-3-5-10-6-4-8;2*1-2/h3-7,9H,1-2H3;2*1-2H3. The minimum Gasteiger partial charge on any atom is -0.313 e. The summed E-state index contributed by atoms with van der Waals surface area (Å²) >= 11 is 0. The fraction of sp³-hybridized carbons (Fsp3) is 0.583. The molecule has 0 saturated heterocycles. The lowest BCUT2D eigenvalue weighted by Gasteiger charge is -2.08. The monoisotopic (exact) mass is 196 g/mol. The first kappa shape index (κ1) is 15.6. The molecule has 0 fully saturated rings. The minimum absolute atomic E-state index is 0.419. The molecule has 0 aliphatic heterocycles. The molecule has 1 heterocycles. The average Bonchev–Trinajstić information content (AvgIpc) is 2.34. The summed E-state index contributed by atoms with van der Waals surface area (Å²) in [7, 11) is 1.95. The molecule has 0 bridgehead atoms. The van der Waals surface area contributed by atoms with E-state index in [4.69, 9.17) is 0 Å². The highest BCUT2D eigenvalue weighted by Gasteiger charge is 1.98. The molecule has 0 amide bonds. The Morgan fingerprint density at radius 2 is 1.50 bits per heavy atom. The van der Waals surface area contributed by atoms with E-state index in [-0.39, 0.29) is 0 Å². The molecular weight excluding hydrogens is 172 g/mol. The van der Waals surface area contributed by atoms with Gasteiger partial charge < -0.3 is 5.32 Å². The highest BCUT2D eigenvalue weighted by atomic mass is 14.9. The molecule has 1 aromatic rings. The maximum absolute atomic E-state index is 3.93. The third-order valence-corrected chi connectivity index (χ3v) is 1.64. The van der Waals surface area contributed by atoms with Crippen molar-refractivity contribution in [3.05, 3.63) is 30.1 Å². The Kier molecular flexibility index (Phi) is 13.5. The highest BCUT2D eigenvalue weighted by molar-refractivity contribution is 5.13. The fourth-order valence-electron chi connectivity index (χ4n) is 0.819. The average molecular weight is 196 g/mol. The zero-order valence-electron chi connectivity index (χ0n) is 10.3. The Balaban J connectivity index is 0. The van der Waals surface area contributed by atoms with Crippen molar-refractivity contribution in [3.8, 4) is 0 Å². The Morgan fingerprint density at radius 1 is 1.07 bits per heavy atom. The molecule has 0 aromatic carbocycles. The van der Waals surface area contributed by atoms with E-state index in [2.05, 4.69) is 17.2 Å². The second-order valence-corrected chi connectivity index (χ2v) is 2.29. The van der Waals surface area contributed by atoms with Crippen molar-refractivity contribution in [2.24, 2.45) is 0 Å². The summed E-state index contributed by atoms with van der Waals surface area (Å²) < 4.78 is 0. The lowest BCUT2D eigenvalue weighted by atomic mass is 10.1. The van der Waals surface area contributed by atoms with Crippen LogP contribution in [0.5, 0.6) is 0 Å². The summed E-state index contributed by atoms with van der Waals surface area (Å²) in [5.41, 5.74) is 1.28. The van der Waals surface area contributed by atoms with Gasteiger partial charge >= 0.3 is 0 Å². The molecule has 0 aliphatic rings. The Bertz CT molecular complexity index is 185. The van der Waals surface area contributed by atoms with Gasteiger partial charge in [-0.2, -0.15) is 0 Å². The highest BCUT2D eigenvalue weighted by Crippen LogP contribution is 2.08. The molecule has 0 aliphatic carbocycles. The molecule has 82 valence electrons. The largest absolute Gasteiger partial charge is 0.313 e. The molecule has 1 aromatic heterocycles. The Morgan fingerprint density at radius 3 is 1.86 bits per heavy atom. The van der Waals surface area contributed by atoms with Crippen LogP contribution in [0.3, 0.4) is 0 Å². The van der Waals surface area contributed by atoms with Gasteiger partial charge in [-0.25, -0.2) is 0 Å². The second-order valence-electron chi connectivity index (χ2n) is 2.29. The van der Waals surface area contributed by atoms with E-state index in [0.717, 1.165) is 0 Å². The molecule has 1 N–H and O–H groups in total. The quantitative estimate of drug-likeness (QED) is 0.784. The van der Waals surface area contributed by atoms with E-state index in [1.807, 2.05) is 59.3 Å². The van der Waals surface area contributed by atoms with Gasteiger partial charge in [0, 0.05) is 18.4 Å². The fourth-order valence-corrected chi connectivity index (χ4v) is 0.819.